The number of carboxylic acids is 1. The first-order valence-electron chi connectivity index (χ1n) is 11.1. The van der Waals surface area contributed by atoms with Crippen LogP contribution in [0.1, 0.15) is 34.6 Å². The maximum Gasteiger partial charge on any atom is 1.00 e. The Balaban J connectivity index is -0.000000436. The molecule has 19 nitrogen and oxygen atoms in total. The summed E-state index contributed by atoms with van der Waals surface area (Å²) in [5.74, 6) is -6.40. The molecule has 0 fully saturated rings. The molecule has 0 bridgehead atoms. The molecule has 0 saturated carbocycles. The van der Waals surface area contributed by atoms with Crippen molar-refractivity contribution in [3.05, 3.63) is 0 Å². The third-order valence-corrected chi connectivity index (χ3v) is 4.27. The summed E-state index contributed by atoms with van der Waals surface area (Å²) in [7, 11) is 0. The molecule has 0 aliphatic heterocycles. The Kier molecular flexibility index (Phi) is 26.2. The average Bonchev–Trinajstić information content (AvgIpc) is 2.84. The van der Waals surface area contributed by atoms with Crippen LogP contribution in [0.5, 0.6) is 0 Å². The zero-order chi connectivity index (χ0) is 31.7. The molecule has 0 amide bonds. The molecule has 0 aromatic heterocycles. The molecule has 0 aromatic rings. The molecule has 0 rings (SSSR count). The molecule has 0 aromatic carbocycles. The molecule has 238 valence electrons. The van der Waals surface area contributed by atoms with Crippen molar-refractivity contribution in [1.29, 1.82) is 0 Å². The summed E-state index contributed by atoms with van der Waals surface area (Å²) in [5, 5.41) is 52.8. The first kappa shape index (κ1) is 46.2. The SMILES string of the molecule is CC(=O)OC[C@@H](OC(C)=O)[C@@H](OC(C)=O)[C@H](OC(C)=O)[C@@H](OC(C)=O)C(=O)O.O=[C-][C@H](O)[C@@H](O)[C@H](O)[C@H](O)CO.[Na+].[OH-]. The van der Waals surface area contributed by atoms with Crippen LogP contribution in [0, 0.1) is 0 Å². The van der Waals surface area contributed by atoms with Gasteiger partial charge in [-0.05, 0) is 6.10 Å². The second-order valence-corrected chi connectivity index (χ2v) is 7.76. The number of ether oxygens (including phenoxy) is 5. The van der Waals surface area contributed by atoms with Crippen LogP contribution in [-0.2, 0) is 57.2 Å². The summed E-state index contributed by atoms with van der Waals surface area (Å²) < 4.78 is 24.2. The van der Waals surface area contributed by atoms with Crippen LogP contribution < -0.4 is 29.6 Å². The van der Waals surface area contributed by atoms with E-state index in [-0.39, 0.29) is 35.0 Å². The molecule has 42 heavy (non-hydrogen) atoms. The fourth-order valence-corrected chi connectivity index (χ4v) is 2.68. The second kappa shape index (κ2) is 23.8. The summed E-state index contributed by atoms with van der Waals surface area (Å²) in [5.41, 5.74) is 0. The van der Waals surface area contributed by atoms with Crippen molar-refractivity contribution < 1.29 is 123 Å². The van der Waals surface area contributed by atoms with Gasteiger partial charge in [-0.25, -0.2) is 11.1 Å². The molecule has 0 aliphatic carbocycles. The van der Waals surface area contributed by atoms with Crippen LogP contribution in [0.2, 0.25) is 0 Å². The van der Waals surface area contributed by atoms with E-state index in [0.29, 0.717) is 0 Å². The predicted octanol–water partition coefficient (Wildman–Crippen LogP) is -7.28. The zero-order valence-corrected chi connectivity index (χ0v) is 25.6. The van der Waals surface area contributed by atoms with Crippen molar-refractivity contribution >= 4 is 42.1 Å². The number of carboxylic acid groups (broad SMARTS) is 1. The van der Waals surface area contributed by atoms with E-state index >= 15 is 0 Å². The molecule has 0 unspecified atom stereocenters. The molecule has 0 spiro atoms. The fraction of sp³-hybridized carbons (Fsp3) is 0.682. The molecule has 0 aliphatic rings. The van der Waals surface area contributed by atoms with Crippen molar-refractivity contribution in [2.75, 3.05) is 13.2 Å². The number of carbonyl (C=O) groups is 6. The zero-order valence-electron chi connectivity index (χ0n) is 23.6. The normalized spacial score (nSPS) is 15.7. The molecular formula is C22H34NaO19-. The standard InChI is InChI=1S/C16H22O12.C6H11O6.Na.H2O/c1-7(17)24-6-12(25-8(2)18)13(26-9(3)19)14(27-10(4)20)15(16(22)23)28-11(5)21;7-1-3(9)5(11)6(12)4(10)2-8;;/h12-15H,6H2,1-5H3,(H,22,23);3-7,9-12H,1H2;;1H2/q;-1;+1;/p-1/t12-,13-,14+,15-;3-,4+,5-,6-;;/m11../s1. The van der Waals surface area contributed by atoms with Gasteiger partial charge in [-0.15, -0.1) is 0 Å². The largest absolute Gasteiger partial charge is 1.00 e. The molecule has 20 heteroatoms. The number of aliphatic carboxylic acids is 1. The van der Waals surface area contributed by atoms with Crippen LogP contribution in [0.4, 0.5) is 0 Å². The van der Waals surface area contributed by atoms with E-state index in [0.717, 1.165) is 40.9 Å². The van der Waals surface area contributed by atoms with E-state index in [4.69, 9.17) is 44.5 Å². The van der Waals surface area contributed by atoms with Gasteiger partial charge in [-0.3, -0.25) is 24.0 Å². The van der Waals surface area contributed by atoms with Crippen molar-refractivity contribution in [3.63, 3.8) is 0 Å². The summed E-state index contributed by atoms with van der Waals surface area (Å²) in [6.45, 7) is 3.40. The van der Waals surface area contributed by atoms with E-state index in [2.05, 4.69) is 4.74 Å². The van der Waals surface area contributed by atoms with Gasteiger partial charge in [0.05, 0.1) is 12.7 Å². The number of carbonyl (C=O) groups excluding carboxylic acids is 6. The molecule has 7 N–H and O–H groups in total. The number of aliphatic hydroxyl groups excluding tert-OH is 5. The topological polar surface area (TPSA) is 317 Å². The second-order valence-electron chi connectivity index (χ2n) is 7.76. The Hall–Kier alpha value is -2.75. The quantitative estimate of drug-likeness (QED) is 0.0426. The first-order valence-corrected chi connectivity index (χ1v) is 11.1. The summed E-state index contributed by atoms with van der Waals surface area (Å²) in [6.07, 6.45) is -13.4. The monoisotopic (exact) mass is 625 g/mol. The van der Waals surface area contributed by atoms with Gasteiger partial charge in [0, 0.05) is 34.6 Å². The maximum absolute atomic E-state index is 11.6. The van der Waals surface area contributed by atoms with Gasteiger partial charge in [-0.1, -0.05) is 0 Å². The minimum Gasteiger partial charge on any atom is -0.870 e. The third-order valence-electron chi connectivity index (χ3n) is 4.27. The predicted molar refractivity (Wildman–Crippen MR) is 125 cm³/mol. The van der Waals surface area contributed by atoms with E-state index in [1.807, 2.05) is 0 Å². The van der Waals surface area contributed by atoms with Crippen molar-refractivity contribution in [1.82, 2.24) is 0 Å². The Morgan fingerprint density at radius 2 is 1.12 bits per heavy atom. The van der Waals surface area contributed by atoms with Gasteiger partial charge < -0.3 is 64.6 Å². The average molecular weight is 625 g/mol. The minimum atomic E-state index is -2.11. The van der Waals surface area contributed by atoms with Gasteiger partial charge in [0.2, 0.25) is 6.10 Å². The number of esters is 5. The van der Waals surface area contributed by atoms with Crippen LogP contribution >= 0.6 is 0 Å². The first-order chi connectivity index (χ1) is 18.4. The molecule has 0 heterocycles. The third kappa shape index (κ3) is 19.4. The smallest absolute Gasteiger partial charge is 0.870 e. The Bertz CT molecular complexity index is 880. The van der Waals surface area contributed by atoms with Gasteiger partial charge in [0.25, 0.3) is 0 Å². The number of hydrogen-bond acceptors (Lipinski definition) is 18. The minimum absolute atomic E-state index is 0. The molecule has 0 saturated heterocycles. The molecular weight excluding hydrogens is 591 g/mol. The number of rotatable bonds is 15. The number of aliphatic hydroxyl groups is 5. The van der Waals surface area contributed by atoms with E-state index in [9.17, 15) is 38.7 Å². The van der Waals surface area contributed by atoms with Crippen LogP contribution in [0.25, 0.3) is 0 Å². The summed E-state index contributed by atoms with van der Waals surface area (Å²) in [6, 6.07) is 0. The van der Waals surface area contributed by atoms with E-state index in [1.54, 1.807) is 0 Å². The Labute approximate surface area is 261 Å². The number of hydrogen-bond donors (Lipinski definition) is 6. The van der Waals surface area contributed by atoms with Crippen molar-refractivity contribution in [2.45, 2.75) is 83.5 Å². The maximum atomic E-state index is 11.6. The van der Waals surface area contributed by atoms with Crippen molar-refractivity contribution in [3.8, 4) is 0 Å². The van der Waals surface area contributed by atoms with Gasteiger partial charge in [0.1, 0.15) is 18.8 Å². The van der Waals surface area contributed by atoms with Crippen molar-refractivity contribution in [2.24, 2.45) is 0 Å². The fourth-order valence-electron chi connectivity index (χ4n) is 2.68. The van der Waals surface area contributed by atoms with E-state index < -0.39 is 97.9 Å². The molecule has 0 radical (unpaired) electrons. The van der Waals surface area contributed by atoms with Crippen LogP contribution in [0.3, 0.4) is 0 Å². The summed E-state index contributed by atoms with van der Waals surface area (Å²) in [4.78, 5) is 78.1. The van der Waals surface area contributed by atoms with Gasteiger partial charge in [-0.2, -0.15) is 0 Å². The van der Waals surface area contributed by atoms with Crippen LogP contribution in [0.15, 0.2) is 0 Å². The molecule has 8 atom stereocenters. The van der Waals surface area contributed by atoms with E-state index in [1.165, 1.54) is 0 Å². The summed E-state index contributed by atoms with van der Waals surface area (Å²) >= 11 is 0. The van der Waals surface area contributed by atoms with Crippen LogP contribution in [-0.4, -0.2) is 140 Å². The van der Waals surface area contributed by atoms with Gasteiger partial charge >= 0.3 is 65.4 Å². The van der Waals surface area contributed by atoms with Gasteiger partial charge in [0.15, 0.2) is 18.3 Å². The Morgan fingerprint density at radius 1 is 0.690 bits per heavy atom. The Morgan fingerprint density at radius 3 is 1.45 bits per heavy atom.